The number of H-pyrrole nitrogens is 1. The average molecular weight is 231 g/mol. The van der Waals surface area contributed by atoms with Crippen LogP contribution in [0.5, 0.6) is 0 Å². The van der Waals surface area contributed by atoms with Crippen LogP contribution in [0.1, 0.15) is 0 Å². The lowest BCUT2D eigenvalue weighted by Gasteiger charge is -1.94. The van der Waals surface area contributed by atoms with Crippen molar-refractivity contribution in [2.45, 2.75) is 0 Å². The highest BCUT2D eigenvalue weighted by molar-refractivity contribution is 6.30. The highest BCUT2D eigenvalue weighted by atomic mass is 35.5. The molecule has 0 spiro atoms. The zero-order chi connectivity index (χ0) is 11.0. The van der Waals surface area contributed by atoms with E-state index in [-0.39, 0.29) is 0 Å². The van der Waals surface area contributed by atoms with Crippen LogP contribution in [0.4, 0.5) is 0 Å². The Balaban J connectivity index is 2.15. The van der Waals surface area contributed by atoms with Crippen molar-refractivity contribution in [1.82, 2.24) is 19.9 Å². The first-order valence-corrected chi connectivity index (χ1v) is 5.13. The predicted molar refractivity (Wildman–Crippen MR) is 62.1 cm³/mol. The van der Waals surface area contributed by atoms with Gasteiger partial charge in [0.05, 0.1) is 10.5 Å². The summed E-state index contributed by atoms with van der Waals surface area (Å²) in [4.78, 5) is 15.8. The van der Waals surface area contributed by atoms with Crippen molar-refractivity contribution in [3.05, 3.63) is 41.7 Å². The van der Waals surface area contributed by atoms with Crippen LogP contribution in [-0.2, 0) is 0 Å². The van der Waals surface area contributed by atoms with Crippen molar-refractivity contribution in [3.63, 3.8) is 0 Å². The lowest BCUT2D eigenvalue weighted by atomic mass is 10.3. The van der Waals surface area contributed by atoms with Gasteiger partial charge in [-0.15, -0.1) is 0 Å². The summed E-state index contributed by atoms with van der Waals surface area (Å²) in [6.45, 7) is 0. The summed E-state index contributed by atoms with van der Waals surface area (Å²) >= 11 is 5.77. The second kappa shape index (κ2) is 3.57. The lowest BCUT2D eigenvalue weighted by Crippen LogP contribution is -1.84. The Labute approximate surface area is 96.3 Å². The van der Waals surface area contributed by atoms with Gasteiger partial charge in [0.2, 0.25) is 0 Å². The maximum absolute atomic E-state index is 5.77. The van der Waals surface area contributed by atoms with Crippen molar-refractivity contribution in [2.75, 3.05) is 0 Å². The zero-order valence-corrected chi connectivity index (χ0v) is 8.94. The van der Waals surface area contributed by atoms with Crippen molar-refractivity contribution >= 4 is 22.8 Å². The van der Waals surface area contributed by atoms with Crippen molar-refractivity contribution < 1.29 is 0 Å². The molecule has 0 unspecified atom stereocenters. The molecule has 3 rings (SSSR count). The van der Waals surface area contributed by atoms with E-state index in [2.05, 4.69) is 19.9 Å². The van der Waals surface area contributed by atoms with E-state index in [4.69, 9.17) is 11.6 Å². The summed E-state index contributed by atoms with van der Waals surface area (Å²) in [6.07, 6.45) is 3.31. The van der Waals surface area contributed by atoms with Crippen LogP contribution in [0.25, 0.3) is 22.7 Å². The number of pyridine rings is 2. The summed E-state index contributed by atoms with van der Waals surface area (Å²) < 4.78 is 0. The molecule has 4 nitrogen and oxygen atoms in total. The maximum atomic E-state index is 5.77. The standard InChI is InChI=1S/C11H7ClN4/c12-7-3-4-8(14-6-7)11-15-9-2-1-5-13-10(9)16-11/h1-6H,(H,13,15,16). The fraction of sp³-hybridized carbons (Fsp3) is 0. The molecule has 0 aliphatic heterocycles. The molecule has 16 heavy (non-hydrogen) atoms. The molecule has 0 aliphatic carbocycles. The fourth-order valence-electron chi connectivity index (χ4n) is 1.48. The normalized spacial score (nSPS) is 10.8. The van der Waals surface area contributed by atoms with Gasteiger partial charge in [0.1, 0.15) is 5.69 Å². The van der Waals surface area contributed by atoms with Crippen LogP contribution in [0, 0.1) is 0 Å². The van der Waals surface area contributed by atoms with Crippen LogP contribution in [0.2, 0.25) is 5.02 Å². The van der Waals surface area contributed by atoms with E-state index < -0.39 is 0 Å². The first kappa shape index (κ1) is 9.30. The summed E-state index contributed by atoms with van der Waals surface area (Å²) in [5.41, 5.74) is 2.34. The summed E-state index contributed by atoms with van der Waals surface area (Å²) in [5, 5.41) is 0.609. The van der Waals surface area contributed by atoms with Gasteiger partial charge >= 0.3 is 0 Å². The van der Waals surface area contributed by atoms with Gasteiger partial charge in [-0.2, -0.15) is 0 Å². The van der Waals surface area contributed by atoms with Crippen LogP contribution in [-0.4, -0.2) is 19.9 Å². The third kappa shape index (κ3) is 1.53. The van der Waals surface area contributed by atoms with Gasteiger partial charge in [-0.25, -0.2) is 9.97 Å². The van der Waals surface area contributed by atoms with Crippen LogP contribution >= 0.6 is 11.6 Å². The molecule has 0 fully saturated rings. The molecule has 0 aromatic carbocycles. The Kier molecular flexibility index (Phi) is 2.08. The second-order valence-corrected chi connectivity index (χ2v) is 3.76. The number of hydrogen-bond donors (Lipinski definition) is 1. The first-order valence-electron chi connectivity index (χ1n) is 4.75. The van der Waals surface area contributed by atoms with E-state index in [9.17, 15) is 0 Å². The molecular weight excluding hydrogens is 224 g/mol. The maximum Gasteiger partial charge on any atom is 0.178 e. The minimum absolute atomic E-state index is 0.609. The number of halogens is 1. The quantitative estimate of drug-likeness (QED) is 0.699. The monoisotopic (exact) mass is 230 g/mol. The molecule has 0 radical (unpaired) electrons. The van der Waals surface area contributed by atoms with Gasteiger partial charge < -0.3 is 4.98 Å². The highest BCUT2D eigenvalue weighted by Crippen LogP contribution is 2.18. The van der Waals surface area contributed by atoms with Crippen molar-refractivity contribution in [2.24, 2.45) is 0 Å². The lowest BCUT2D eigenvalue weighted by molar-refractivity contribution is 1.23. The first-order chi connectivity index (χ1) is 7.83. The molecule has 0 amide bonds. The SMILES string of the molecule is Clc1ccc(-c2nc3ncccc3[nH]2)nc1. The van der Waals surface area contributed by atoms with Gasteiger partial charge in [0.15, 0.2) is 11.5 Å². The van der Waals surface area contributed by atoms with Crippen LogP contribution in [0.3, 0.4) is 0 Å². The Hall–Kier alpha value is -1.94. The van der Waals surface area contributed by atoms with Gasteiger partial charge in [0, 0.05) is 12.4 Å². The molecular formula is C11H7ClN4. The number of aromatic amines is 1. The van der Waals surface area contributed by atoms with E-state index >= 15 is 0 Å². The van der Waals surface area contributed by atoms with E-state index in [1.165, 1.54) is 0 Å². The second-order valence-electron chi connectivity index (χ2n) is 3.32. The summed E-state index contributed by atoms with van der Waals surface area (Å²) in [7, 11) is 0. The van der Waals surface area contributed by atoms with Gasteiger partial charge in [0.25, 0.3) is 0 Å². The molecule has 0 saturated heterocycles. The molecule has 0 saturated carbocycles. The van der Waals surface area contributed by atoms with E-state index in [0.29, 0.717) is 16.5 Å². The molecule has 0 aliphatic rings. The predicted octanol–water partition coefficient (Wildman–Crippen LogP) is 2.67. The molecule has 0 bridgehead atoms. The largest absolute Gasteiger partial charge is 0.335 e. The Bertz CT molecular complexity index is 597. The molecule has 5 heteroatoms. The van der Waals surface area contributed by atoms with Gasteiger partial charge in [-0.1, -0.05) is 11.6 Å². The summed E-state index contributed by atoms with van der Waals surface area (Å²) in [6, 6.07) is 7.39. The summed E-state index contributed by atoms with van der Waals surface area (Å²) in [5.74, 6) is 0.699. The minimum atomic E-state index is 0.609. The number of nitrogens with one attached hydrogen (secondary N) is 1. The smallest absolute Gasteiger partial charge is 0.178 e. The number of hydrogen-bond acceptors (Lipinski definition) is 3. The number of nitrogens with zero attached hydrogens (tertiary/aromatic N) is 3. The highest BCUT2D eigenvalue weighted by Gasteiger charge is 2.06. The van der Waals surface area contributed by atoms with Gasteiger partial charge in [-0.05, 0) is 24.3 Å². The third-order valence-corrected chi connectivity index (χ3v) is 2.45. The Morgan fingerprint density at radius 1 is 1.12 bits per heavy atom. The fourth-order valence-corrected chi connectivity index (χ4v) is 1.59. The Morgan fingerprint density at radius 3 is 2.81 bits per heavy atom. The van der Waals surface area contributed by atoms with Crippen LogP contribution < -0.4 is 0 Å². The molecule has 3 aromatic rings. The number of imidazole rings is 1. The number of aromatic nitrogens is 4. The molecule has 3 heterocycles. The minimum Gasteiger partial charge on any atom is -0.335 e. The number of rotatable bonds is 1. The van der Waals surface area contributed by atoms with Crippen molar-refractivity contribution in [3.8, 4) is 11.5 Å². The Morgan fingerprint density at radius 2 is 2.06 bits per heavy atom. The molecule has 78 valence electrons. The third-order valence-electron chi connectivity index (χ3n) is 2.23. The van der Waals surface area contributed by atoms with Crippen molar-refractivity contribution in [1.29, 1.82) is 0 Å². The number of fused-ring (bicyclic) bond motifs is 1. The molecule has 3 aromatic heterocycles. The average Bonchev–Trinajstić information content (AvgIpc) is 2.73. The van der Waals surface area contributed by atoms with E-state index in [1.807, 2.05) is 18.2 Å². The molecule has 1 N–H and O–H groups in total. The van der Waals surface area contributed by atoms with E-state index in [0.717, 1.165) is 11.2 Å². The molecule has 0 atom stereocenters. The van der Waals surface area contributed by atoms with E-state index in [1.54, 1.807) is 18.5 Å². The zero-order valence-electron chi connectivity index (χ0n) is 8.18. The topological polar surface area (TPSA) is 54.5 Å². The van der Waals surface area contributed by atoms with Gasteiger partial charge in [-0.3, -0.25) is 4.98 Å². The van der Waals surface area contributed by atoms with Crippen LogP contribution in [0.15, 0.2) is 36.7 Å².